The van der Waals surface area contributed by atoms with E-state index in [0.29, 0.717) is 11.5 Å². The summed E-state index contributed by atoms with van der Waals surface area (Å²) in [6.45, 7) is 0.287. The molecule has 0 atom stereocenters. The van der Waals surface area contributed by atoms with E-state index in [1.807, 2.05) is 0 Å². The summed E-state index contributed by atoms with van der Waals surface area (Å²) >= 11 is 0. The number of hydrogen-bond acceptors (Lipinski definition) is 4. The predicted molar refractivity (Wildman–Crippen MR) is 47.2 cm³/mol. The minimum atomic E-state index is -0.411. The first-order valence-corrected chi connectivity index (χ1v) is 4.00. The first kappa shape index (κ1) is 8.61. The summed E-state index contributed by atoms with van der Waals surface area (Å²) in [6, 6.07) is 0. The van der Waals surface area contributed by atoms with E-state index in [2.05, 4.69) is 15.2 Å². The molecule has 0 aliphatic carbocycles. The summed E-state index contributed by atoms with van der Waals surface area (Å²) in [5, 5.41) is 7.09. The van der Waals surface area contributed by atoms with Crippen LogP contribution in [0.15, 0.2) is 34.7 Å². The average Bonchev–Trinajstić information content (AvgIpc) is 2.70. The molecule has 6 nitrogen and oxygen atoms in total. The maximum Gasteiger partial charge on any atom is 0.315 e. The van der Waals surface area contributed by atoms with Crippen LogP contribution in [0.25, 0.3) is 5.70 Å². The molecule has 1 aliphatic rings. The molecule has 6 heteroatoms. The molecule has 1 aliphatic heterocycles. The first-order chi connectivity index (χ1) is 6.83. The maximum absolute atomic E-state index is 11.4. The molecule has 1 aromatic rings. The van der Waals surface area contributed by atoms with Crippen molar-refractivity contribution in [2.45, 2.75) is 0 Å². The van der Waals surface area contributed by atoms with Crippen molar-refractivity contribution in [1.29, 1.82) is 0 Å². The fourth-order valence-corrected chi connectivity index (χ4v) is 1.21. The Balaban J connectivity index is 2.47. The van der Waals surface area contributed by atoms with Gasteiger partial charge in [-0.15, -0.1) is 5.11 Å². The molecular formula is C8H8N4O2. The highest BCUT2D eigenvalue weighted by Gasteiger charge is 2.21. The Kier molecular flexibility index (Phi) is 2.10. The van der Waals surface area contributed by atoms with Crippen molar-refractivity contribution in [2.75, 3.05) is 13.7 Å². The van der Waals surface area contributed by atoms with Gasteiger partial charge in [0.05, 0.1) is 13.4 Å². The molecule has 14 heavy (non-hydrogen) atoms. The van der Waals surface area contributed by atoms with Crippen LogP contribution in [-0.4, -0.2) is 29.1 Å². The SMILES string of the molecule is COC1=C(n2ccnc2)C(=O)N=NC1. The lowest BCUT2D eigenvalue weighted by molar-refractivity contribution is -0.113. The molecular weight excluding hydrogens is 184 g/mol. The second kappa shape index (κ2) is 3.41. The monoisotopic (exact) mass is 192 g/mol. The van der Waals surface area contributed by atoms with Gasteiger partial charge in [-0.1, -0.05) is 0 Å². The van der Waals surface area contributed by atoms with Crippen molar-refractivity contribution in [3.05, 3.63) is 24.5 Å². The number of aromatic nitrogens is 2. The van der Waals surface area contributed by atoms with Crippen LogP contribution in [0.4, 0.5) is 0 Å². The Morgan fingerprint density at radius 2 is 2.43 bits per heavy atom. The van der Waals surface area contributed by atoms with Gasteiger partial charge in [0, 0.05) is 12.4 Å². The van der Waals surface area contributed by atoms with Crippen molar-refractivity contribution < 1.29 is 9.53 Å². The lowest BCUT2D eigenvalue weighted by Crippen LogP contribution is -2.14. The van der Waals surface area contributed by atoms with Gasteiger partial charge in [-0.3, -0.25) is 9.36 Å². The van der Waals surface area contributed by atoms with Crippen molar-refractivity contribution in [3.8, 4) is 0 Å². The molecule has 0 aromatic carbocycles. The highest BCUT2D eigenvalue weighted by atomic mass is 16.5. The molecule has 0 saturated heterocycles. The number of hydrogen-bond donors (Lipinski definition) is 0. The van der Waals surface area contributed by atoms with Crippen LogP contribution in [0.3, 0.4) is 0 Å². The van der Waals surface area contributed by atoms with Gasteiger partial charge in [0.15, 0.2) is 5.70 Å². The normalized spacial score (nSPS) is 16.2. The highest BCUT2D eigenvalue weighted by molar-refractivity contribution is 6.15. The summed E-state index contributed by atoms with van der Waals surface area (Å²) in [5.41, 5.74) is 0.375. The van der Waals surface area contributed by atoms with Crippen LogP contribution in [0.2, 0.25) is 0 Å². The summed E-state index contributed by atoms with van der Waals surface area (Å²) in [6.07, 6.45) is 4.76. The van der Waals surface area contributed by atoms with Crippen LogP contribution in [-0.2, 0) is 9.53 Å². The Hall–Kier alpha value is -1.98. The molecule has 0 radical (unpaired) electrons. The minimum absolute atomic E-state index is 0.287. The van der Waals surface area contributed by atoms with Crippen LogP contribution in [0, 0.1) is 0 Å². The summed E-state index contributed by atoms with van der Waals surface area (Å²) < 4.78 is 6.62. The molecule has 1 amide bonds. The third kappa shape index (κ3) is 1.30. The number of carbonyl (C=O) groups is 1. The summed E-state index contributed by atoms with van der Waals surface area (Å²) in [5.74, 6) is 0.0918. The molecule has 2 heterocycles. The average molecular weight is 192 g/mol. The smallest absolute Gasteiger partial charge is 0.315 e. The van der Waals surface area contributed by atoms with Crippen molar-refractivity contribution in [2.24, 2.45) is 10.2 Å². The summed E-state index contributed by atoms with van der Waals surface area (Å²) in [4.78, 5) is 15.3. The zero-order valence-corrected chi connectivity index (χ0v) is 7.54. The van der Waals surface area contributed by atoms with E-state index < -0.39 is 5.91 Å². The number of nitrogens with zero attached hydrogens (tertiary/aromatic N) is 4. The molecule has 72 valence electrons. The fraction of sp³-hybridized carbons (Fsp3) is 0.250. The van der Waals surface area contributed by atoms with Gasteiger partial charge in [-0.25, -0.2) is 4.98 Å². The minimum Gasteiger partial charge on any atom is -0.497 e. The predicted octanol–water partition coefficient (Wildman–Crippen LogP) is 0.690. The van der Waals surface area contributed by atoms with Gasteiger partial charge in [-0.2, -0.15) is 5.11 Å². The lowest BCUT2D eigenvalue weighted by Gasteiger charge is -2.12. The van der Waals surface area contributed by atoms with Crippen LogP contribution in [0.5, 0.6) is 0 Å². The molecule has 0 fully saturated rings. The standard InChI is InChI=1S/C8H8N4O2/c1-14-6-4-10-11-8(13)7(6)12-3-2-9-5-12/h2-3,5H,4H2,1H3. The van der Waals surface area contributed by atoms with Gasteiger partial charge in [-0.05, 0) is 0 Å². The molecule has 0 N–H and O–H groups in total. The largest absolute Gasteiger partial charge is 0.497 e. The second-order valence-corrected chi connectivity index (χ2v) is 2.65. The number of rotatable bonds is 2. The van der Waals surface area contributed by atoms with E-state index in [-0.39, 0.29) is 6.54 Å². The number of azo groups is 1. The van der Waals surface area contributed by atoms with Crippen molar-refractivity contribution >= 4 is 11.6 Å². The summed E-state index contributed by atoms with van der Waals surface area (Å²) in [7, 11) is 1.50. The van der Waals surface area contributed by atoms with Gasteiger partial charge in [0.2, 0.25) is 0 Å². The van der Waals surface area contributed by atoms with E-state index in [4.69, 9.17) is 4.74 Å². The highest BCUT2D eigenvalue weighted by Crippen LogP contribution is 2.18. The number of carbonyl (C=O) groups excluding carboxylic acids is 1. The second-order valence-electron chi connectivity index (χ2n) is 2.65. The Bertz CT molecular complexity index is 405. The zero-order valence-electron chi connectivity index (χ0n) is 7.54. The zero-order chi connectivity index (χ0) is 9.97. The third-order valence-corrected chi connectivity index (χ3v) is 1.85. The van der Waals surface area contributed by atoms with E-state index in [1.54, 1.807) is 17.0 Å². The number of imidazole rings is 1. The van der Waals surface area contributed by atoms with E-state index >= 15 is 0 Å². The van der Waals surface area contributed by atoms with Crippen LogP contribution < -0.4 is 0 Å². The molecule has 0 unspecified atom stereocenters. The van der Waals surface area contributed by atoms with E-state index in [1.165, 1.54) is 13.4 Å². The van der Waals surface area contributed by atoms with Gasteiger partial charge in [0.25, 0.3) is 0 Å². The van der Waals surface area contributed by atoms with Gasteiger partial charge in [0.1, 0.15) is 12.3 Å². The Morgan fingerprint density at radius 3 is 3.07 bits per heavy atom. The van der Waals surface area contributed by atoms with Crippen molar-refractivity contribution in [3.63, 3.8) is 0 Å². The lowest BCUT2D eigenvalue weighted by atomic mass is 10.3. The van der Waals surface area contributed by atoms with Gasteiger partial charge < -0.3 is 4.74 Å². The fourth-order valence-electron chi connectivity index (χ4n) is 1.21. The third-order valence-electron chi connectivity index (χ3n) is 1.85. The molecule has 2 rings (SSSR count). The van der Waals surface area contributed by atoms with Crippen molar-refractivity contribution in [1.82, 2.24) is 9.55 Å². The van der Waals surface area contributed by atoms with E-state index in [0.717, 1.165) is 0 Å². The number of amides is 1. The number of ether oxygens (including phenoxy) is 1. The van der Waals surface area contributed by atoms with Gasteiger partial charge >= 0.3 is 5.91 Å². The molecule has 0 bridgehead atoms. The Morgan fingerprint density at radius 1 is 1.57 bits per heavy atom. The maximum atomic E-state index is 11.4. The molecule has 0 spiro atoms. The van der Waals surface area contributed by atoms with E-state index in [9.17, 15) is 4.79 Å². The molecule has 1 aromatic heterocycles. The molecule has 0 saturated carbocycles. The van der Waals surface area contributed by atoms with Crippen LogP contribution in [0.1, 0.15) is 0 Å². The van der Waals surface area contributed by atoms with Crippen LogP contribution >= 0.6 is 0 Å². The quantitative estimate of drug-likeness (QED) is 0.692. The number of methoxy groups -OCH3 is 1. The Labute approximate surface area is 79.9 Å². The first-order valence-electron chi connectivity index (χ1n) is 4.00. The topological polar surface area (TPSA) is 68.8 Å².